The smallest absolute Gasteiger partial charge is 0.319 e. The average molecular weight is 256 g/mol. The minimum absolute atomic E-state index is 0.00306. The van der Waals surface area contributed by atoms with E-state index in [2.05, 4.69) is 0 Å². The van der Waals surface area contributed by atoms with E-state index < -0.39 is 0 Å². The first-order valence-electron chi connectivity index (χ1n) is 6.66. The first kappa shape index (κ1) is 13.6. The molecule has 5 heteroatoms. The molecular weight excluding hydrogens is 232 g/mol. The van der Waals surface area contributed by atoms with Crippen LogP contribution in [0.5, 0.6) is 0 Å². The van der Waals surface area contributed by atoms with E-state index in [1.54, 1.807) is 26.1 Å². The molecule has 104 valence electrons. The number of amides is 2. The fourth-order valence-electron chi connectivity index (χ4n) is 3.23. The van der Waals surface area contributed by atoms with Crippen LogP contribution in [0.2, 0.25) is 0 Å². The standard InChI is InChI=1S/C13H24N2O3/c1-14(2)12(16)15-7-5-11-13(9-15,10-17-3)6-4-8-18-11/h11H,4-10H2,1-3H3/t11-,13+/m0/s1. The zero-order chi connectivity index (χ0) is 13.2. The molecule has 2 saturated heterocycles. The summed E-state index contributed by atoms with van der Waals surface area (Å²) in [6.07, 6.45) is 3.31. The third-order valence-corrected chi connectivity index (χ3v) is 4.07. The summed E-state index contributed by atoms with van der Waals surface area (Å²) in [5, 5.41) is 0. The van der Waals surface area contributed by atoms with Gasteiger partial charge in [-0.05, 0) is 19.3 Å². The Morgan fingerprint density at radius 3 is 3.00 bits per heavy atom. The summed E-state index contributed by atoms with van der Waals surface area (Å²) in [6, 6.07) is 0.0921. The van der Waals surface area contributed by atoms with E-state index in [0.717, 1.165) is 39.0 Å². The molecule has 0 radical (unpaired) electrons. The second kappa shape index (κ2) is 5.45. The van der Waals surface area contributed by atoms with Crippen LogP contribution < -0.4 is 0 Å². The lowest BCUT2D eigenvalue weighted by Crippen LogP contribution is -2.59. The molecule has 2 amide bonds. The van der Waals surface area contributed by atoms with Crippen molar-refractivity contribution in [1.82, 2.24) is 9.80 Å². The van der Waals surface area contributed by atoms with Gasteiger partial charge >= 0.3 is 6.03 Å². The fraction of sp³-hybridized carbons (Fsp3) is 0.923. The van der Waals surface area contributed by atoms with Crippen LogP contribution in [0.15, 0.2) is 0 Å². The van der Waals surface area contributed by atoms with E-state index in [1.165, 1.54) is 0 Å². The number of rotatable bonds is 2. The number of piperidine rings is 1. The predicted molar refractivity (Wildman–Crippen MR) is 68.6 cm³/mol. The highest BCUT2D eigenvalue weighted by molar-refractivity contribution is 5.74. The van der Waals surface area contributed by atoms with Gasteiger partial charge in [-0.3, -0.25) is 0 Å². The highest BCUT2D eigenvalue weighted by Crippen LogP contribution is 2.40. The zero-order valence-electron chi connectivity index (χ0n) is 11.6. The van der Waals surface area contributed by atoms with Gasteiger partial charge < -0.3 is 19.3 Å². The largest absolute Gasteiger partial charge is 0.384 e. The Labute approximate surface area is 109 Å². The monoisotopic (exact) mass is 256 g/mol. The Morgan fingerprint density at radius 2 is 2.33 bits per heavy atom. The predicted octanol–water partition coefficient (Wildman–Crippen LogP) is 1.19. The molecule has 0 aromatic carbocycles. The Kier molecular flexibility index (Phi) is 4.12. The van der Waals surface area contributed by atoms with Crippen molar-refractivity contribution in [3.63, 3.8) is 0 Å². The molecule has 0 aromatic rings. The van der Waals surface area contributed by atoms with Gasteiger partial charge in [0, 0.05) is 46.3 Å². The fourth-order valence-corrected chi connectivity index (χ4v) is 3.23. The Morgan fingerprint density at radius 1 is 1.56 bits per heavy atom. The molecule has 2 rings (SSSR count). The van der Waals surface area contributed by atoms with E-state index in [4.69, 9.17) is 9.47 Å². The van der Waals surface area contributed by atoms with E-state index >= 15 is 0 Å². The van der Waals surface area contributed by atoms with Gasteiger partial charge in [-0.25, -0.2) is 4.79 Å². The third-order valence-electron chi connectivity index (χ3n) is 4.07. The second-order valence-corrected chi connectivity index (χ2v) is 5.65. The van der Waals surface area contributed by atoms with Gasteiger partial charge in [-0.2, -0.15) is 0 Å². The van der Waals surface area contributed by atoms with E-state index in [-0.39, 0.29) is 17.6 Å². The van der Waals surface area contributed by atoms with Crippen molar-refractivity contribution < 1.29 is 14.3 Å². The highest BCUT2D eigenvalue weighted by Gasteiger charge is 2.47. The van der Waals surface area contributed by atoms with E-state index in [9.17, 15) is 4.79 Å². The maximum absolute atomic E-state index is 12.1. The Hall–Kier alpha value is -0.810. The van der Waals surface area contributed by atoms with Crippen molar-refractivity contribution in [3.8, 4) is 0 Å². The molecule has 18 heavy (non-hydrogen) atoms. The molecule has 0 aliphatic carbocycles. The summed E-state index contributed by atoms with van der Waals surface area (Å²) < 4.78 is 11.3. The minimum Gasteiger partial charge on any atom is -0.384 e. The molecule has 0 aromatic heterocycles. The molecule has 2 atom stereocenters. The normalized spacial score (nSPS) is 31.9. The van der Waals surface area contributed by atoms with Crippen LogP contribution in [0.1, 0.15) is 19.3 Å². The van der Waals surface area contributed by atoms with Crippen molar-refractivity contribution in [2.75, 3.05) is 47.5 Å². The first-order valence-corrected chi connectivity index (χ1v) is 6.66. The number of hydrogen-bond acceptors (Lipinski definition) is 3. The van der Waals surface area contributed by atoms with Crippen LogP contribution in [0.3, 0.4) is 0 Å². The van der Waals surface area contributed by atoms with Crippen LogP contribution in [-0.2, 0) is 9.47 Å². The topological polar surface area (TPSA) is 42.0 Å². The zero-order valence-corrected chi connectivity index (χ0v) is 11.6. The maximum atomic E-state index is 12.1. The first-order chi connectivity index (χ1) is 8.59. The van der Waals surface area contributed by atoms with Crippen molar-refractivity contribution in [2.45, 2.75) is 25.4 Å². The molecule has 0 N–H and O–H groups in total. The number of carbonyl (C=O) groups is 1. The number of ether oxygens (including phenoxy) is 2. The number of urea groups is 1. The van der Waals surface area contributed by atoms with Gasteiger partial charge in [-0.1, -0.05) is 0 Å². The maximum Gasteiger partial charge on any atom is 0.319 e. The lowest BCUT2D eigenvalue weighted by Gasteiger charge is -2.50. The van der Waals surface area contributed by atoms with Crippen molar-refractivity contribution in [2.24, 2.45) is 5.41 Å². The summed E-state index contributed by atoms with van der Waals surface area (Å²) >= 11 is 0. The quantitative estimate of drug-likeness (QED) is 0.745. The van der Waals surface area contributed by atoms with Crippen LogP contribution in [-0.4, -0.2) is 69.4 Å². The summed E-state index contributed by atoms with van der Waals surface area (Å²) in [5.41, 5.74) is -0.00306. The SMILES string of the molecule is COC[C@]12CCCO[C@H]1CCN(C(=O)N(C)C)C2. The van der Waals surface area contributed by atoms with Gasteiger partial charge in [0.2, 0.25) is 0 Å². The summed E-state index contributed by atoms with van der Waals surface area (Å²) in [6.45, 7) is 3.06. The molecular formula is C13H24N2O3. The number of nitrogens with zero attached hydrogens (tertiary/aromatic N) is 2. The van der Waals surface area contributed by atoms with Crippen LogP contribution in [0.4, 0.5) is 4.79 Å². The minimum atomic E-state index is -0.00306. The summed E-state index contributed by atoms with van der Waals surface area (Å²) in [5.74, 6) is 0. The van der Waals surface area contributed by atoms with Crippen LogP contribution >= 0.6 is 0 Å². The second-order valence-electron chi connectivity index (χ2n) is 5.65. The number of carbonyl (C=O) groups excluding carboxylic acids is 1. The average Bonchev–Trinajstić information content (AvgIpc) is 2.37. The van der Waals surface area contributed by atoms with Gasteiger partial charge in [0.05, 0.1) is 12.7 Å². The lowest BCUT2D eigenvalue weighted by molar-refractivity contribution is -0.142. The van der Waals surface area contributed by atoms with Gasteiger partial charge in [0.25, 0.3) is 0 Å². The molecule has 2 heterocycles. The number of likely N-dealkylation sites (tertiary alicyclic amines) is 1. The molecule has 0 spiro atoms. The summed E-state index contributed by atoms with van der Waals surface area (Å²) in [7, 11) is 5.33. The van der Waals surface area contributed by atoms with Crippen LogP contribution in [0, 0.1) is 5.41 Å². The van der Waals surface area contributed by atoms with Crippen molar-refractivity contribution in [3.05, 3.63) is 0 Å². The molecule has 2 aliphatic rings. The molecule has 2 fully saturated rings. The molecule has 2 aliphatic heterocycles. The third kappa shape index (κ3) is 2.47. The Bertz CT molecular complexity index is 305. The van der Waals surface area contributed by atoms with E-state index in [1.807, 2.05) is 4.90 Å². The van der Waals surface area contributed by atoms with Crippen molar-refractivity contribution >= 4 is 6.03 Å². The number of hydrogen-bond donors (Lipinski definition) is 0. The molecule has 0 saturated carbocycles. The van der Waals surface area contributed by atoms with Crippen molar-refractivity contribution in [1.29, 1.82) is 0 Å². The summed E-state index contributed by atoms with van der Waals surface area (Å²) in [4.78, 5) is 15.7. The number of methoxy groups -OCH3 is 1. The van der Waals surface area contributed by atoms with Gasteiger partial charge in [-0.15, -0.1) is 0 Å². The van der Waals surface area contributed by atoms with E-state index in [0.29, 0.717) is 6.61 Å². The lowest BCUT2D eigenvalue weighted by atomic mass is 9.73. The number of fused-ring (bicyclic) bond motifs is 1. The molecule has 0 bridgehead atoms. The van der Waals surface area contributed by atoms with Gasteiger partial charge in [0.15, 0.2) is 0 Å². The Balaban J connectivity index is 2.11. The van der Waals surface area contributed by atoms with Crippen LogP contribution in [0.25, 0.3) is 0 Å². The van der Waals surface area contributed by atoms with Gasteiger partial charge in [0.1, 0.15) is 0 Å². The highest BCUT2D eigenvalue weighted by atomic mass is 16.5. The molecule has 5 nitrogen and oxygen atoms in total. The molecule has 0 unspecified atom stereocenters.